The summed E-state index contributed by atoms with van der Waals surface area (Å²) >= 11 is 6.27. The first-order chi connectivity index (χ1) is 9.24. The minimum Gasteiger partial charge on any atom is -0.493 e. The lowest BCUT2D eigenvalue weighted by Gasteiger charge is -2.13. The normalized spacial score (nSPS) is 14.9. The number of methoxy groups -OCH3 is 1. The van der Waals surface area contributed by atoms with Gasteiger partial charge in [-0.15, -0.1) is 0 Å². The van der Waals surface area contributed by atoms with Crippen LogP contribution in [0, 0.1) is 0 Å². The molecular weight excluding hydrogens is 262 g/mol. The average molecular weight is 282 g/mol. The Kier molecular flexibility index (Phi) is 5.11. The Morgan fingerprint density at radius 2 is 2.21 bits per heavy atom. The van der Waals surface area contributed by atoms with Gasteiger partial charge < -0.3 is 14.8 Å². The quantitative estimate of drug-likeness (QED) is 0.775. The van der Waals surface area contributed by atoms with Crippen LogP contribution < -0.4 is 14.8 Å². The molecule has 3 nitrogen and oxygen atoms in total. The highest BCUT2D eigenvalue weighted by Gasteiger charge is 2.20. The summed E-state index contributed by atoms with van der Waals surface area (Å²) in [5, 5.41) is 4.05. The van der Waals surface area contributed by atoms with Crippen molar-refractivity contribution in [3.8, 4) is 11.5 Å². The Hall–Kier alpha value is -1.19. The van der Waals surface area contributed by atoms with Gasteiger partial charge in [0, 0.05) is 12.6 Å². The van der Waals surface area contributed by atoms with Crippen molar-refractivity contribution in [1.29, 1.82) is 0 Å². The van der Waals surface area contributed by atoms with Gasteiger partial charge in [0.05, 0.1) is 12.1 Å². The van der Waals surface area contributed by atoms with E-state index in [-0.39, 0.29) is 0 Å². The lowest BCUT2D eigenvalue weighted by atomic mass is 10.2. The highest BCUT2D eigenvalue weighted by Crippen LogP contribution is 2.36. The third kappa shape index (κ3) is 4.15. The van der Waals surface area contributed by atoms with Crippen LogP contribution in [-0.4, -0.2) is 19.8 Å². The van der Waals surface area contributed by atoms with Gasteiger partial charge >= 0.3 is 0 Å². The molecule has 104 valence electrons. The zero-order chi connectivity index (χ0) is 13.7. The molecule has 1 aromatic rings. The lowest BCUT2D eigenvalue weighted by molar-refractivity contribution is 0.326. The summed E-state index contributed by atoms with van der Waals surface area (Å²) < 4.78 is 11.0. The van der Waals surface area contributed by atoms with Gasteiger partial charge in [-0.05, 0) is 37.5 Å². The molecule has 1 aliphatic carbocycles. The number of halogens is 1. The Morgan fingerprint density at radius 3 is 2.84 bits per heavy atom. The molecule has 0 atom stereocenters. The van der Waals surface area contributed by atoms with Gasteiger partial charge in [-0.3, -0.25) is 0 Å². The SMILES string of the molecule is C/C=C/COc1c(Cl)cc(CNC2CC2)cc1OC. The molecule has 4 heteroatoms. The fourth-order valence-corrected chi connectivity index (χ4v) is 2.08. The number of nitrogens with one attached hydrogen (secondary N) is 1. The third-order valence-electron chi connectivity index (χ3n) is 3.02. The number of hydrogen-bond donors (Lipinski definition) is 1. The van der Waals surface area contributed by atoms with Gasteiger partial charge in [0.25, 0.3) is 0 Å². The van der Waals surface area contributed by atoms with Crippen molar-refractivity contribution < 1.29 is 9.47 Å². The maximum absolute atomic E-state index is 6.27. The molecule has 0 amide bonds. The molecule has 0 bridgehead atoms. The van der Waals surface area contributed by atoms with E-state index < -0.39 is 0 Å². The van der Waals surface area contributed by atoms with Gasteiger partial charge in [-0.2, -0.15) is 0 Å². The molecule has 0 radical (unpaired) electrons. The summed E-state index contributed by atoms with van der Waals surface area (Å²) in [6.07, 6.45) is 6.41. The van der Waals surface area contributed by atoms with Crippen LogP contribution in [0.5, 0.6) is 11.5 Å². The van der Waals surface area contributed by atoms with E-state index in [9.17, 15) is 0 Å². The lowest BCUT2D eigenvalue weighted by Crippen LogP contribution is -2.15. The minimum atomic E-state index is 0.492. The molecule has 2 rings (SSSR count). The predicted octanol–water partition coefficient (Wildman–Crippen LogP) is 3.56. The second-order valence-electron chi connectivity index (χ2n) is 4.64. The van der Waals surface area contributed by atoms with Gasteiger partial charge in [-0.1, -0.05) is 23.8 Å². The van der Waals surface area contributed by atoms with Crippen LogP contribution in [0.15, 0.2) is 24.3 Å². The molecule has 1 aliphatic rings. The molecule has 0 heterocycles. The fraction of sp³-hybridized carbons (Fsp3) is 0.467. The summed E-state index contributed by atoms with van der Waals surface area (Å²) in [5.41, 5.74) is 1.12. The summed E-state index contributed by atoms with van der Waals surface area (Å²) in [5.74, 6) is 1.29. The molecule has 19 heavy (non-hydrogen) atoms. The van der Waals surface area contributed by atoms with Gasteiger partial charge in [-0.25, -0.2) is 0 Å². The first-order valence-corrected chi connectivity index (χ1v) is 6.96. The third-order valence-corrected chi connectivity index (χ3v) is 3.30. The summed E-state index contributed by atoms with van der Waals surface area (Å²) in [6, 6.07) is 4.59. The van der Waals surface area contributed by atoms with Crippen molar-refractivity contribution in [3.63, 3.8) is 0 Å². The zero-order valence-electron chi connectivity index (χ0n) is 11.4. The molecule has 0 saturated heterocycles. The summed E-state index contributed by atoms with van der Waals surface area (Å²) in [6.45, 7) is 3.26. The number of allylic oxidation sites excluding steroid dienone is 1. The van der Waals surface area contributed by atoms with E-state index in [1.54, 1.807) is 7.11 Å². The van der Waals surface area contributed by atoms with E-state index >= 15 is 0 Å². The topological polar surface area (TPSA) is 30.5 Å². The van der Waals surface area contributed by atoms with E-state index in [1.165, 1.54) is 12.8 Å². The maximum Gasteiger partial charge on any atom is 0.180 e. The Labute approximate surface area is 119 Å². The molecule has 1 fully saturated rings. The monoisotopic (exact) mass is 281 g/mol. The van der Waals surface area contributed by atoms with Crippen molar-refractivity contribution in [3.05, 3.63) is 34.9 Å². The first kappa shape index (κ1) is 14.2. The van der Waals surface area contributed by atoms with E-state index in [2.05, 4.69) is 5.32 Å². The number of benzene rings is 1. The highest BCUT2D eigenvalue weighted by molar-refractivity contribution is 6.32. The number of hydrogen-bond acceptors (Lipinski definition) is 3. The van der Waals surface area contributed by atoms with Crippen LogP contribution in [-0.2, 0) is 6.54 Å². The maximum atomic E-state index is 6.27. The van der Waals surface area contributed by atoms with Crippen LogP contribution >= 0.6 is 11.6 Å². The van der Waals surface area contributed by atoms with Crippen LogP contribution in [0.25, 0.3) is 0 Å². The van der Waals surface area contributed by atoms with Crippen LogP contribution in [0.4, 0.5) is 0 Å². The van der Waals surface area contributed by atoms with E-state index in [4.69, 9.17) is 21.1 Å². The molecular formula is C15H20ClNO2. The van der Waals surface area contributed by atoms with Crippen molar-refractivity contribution in [2.75, 3.05) is 13.7 Å². The van der Waals surface area contributed by atoms with Crippen molar-refractivity contribution in [1.82, 2.24) is 5.32 Å². The van der Waals surface area contributed by atoms with E-state index in [0.717, 1.165) is 12.1 Å². The fourth-order valence-electron chi connectivity index (χ4n) is 1.79. The largest absolute Gasteiger partial charge is 0.493 e. The van der Waals surface area contributed by atoms with Gasteiger partial charge in [0.1, 0.15) is 6.61 Å². The average Bonchev–Trinajstić information content (AvgIpc) is 3.22. The van der Waals surface area contributed by atoms with E-state index in [0.29, 0.717) is 29.2 Å². The molecule has 0 unspecified atom stereocenters. The highest BCUT2D eigenvalue weighted by atomic mass is 35.5. The van der Waals surface area contributed by atoms with Crippen molar-refractivity contribution in [2.45, 2.75) is 32.4 Å². The van der Waals surface area contributed by atoms with Crippen molar-refractivity contribution >= 4 is 11.6 Å². The molecule has 0 aliphatic heterocycles. The second-order valence-corrected chi connectivity index (χ2v) is 5.05. The van der Waals surface area contributed by atoms with Crippen LogP contribution in [0.2, 0.25) is 5.02 Å². The number of rotatable bonds is 7. The predicted molar refractivity (Wildman–Crippen MR) is 78.2 cm³/mol. The van der Waals surface area contributed by atoms with Crippen molar-refractivity contribution in [2.24, 2.45) is 0 Å². The molecule has 0 spiro atoms. The smallest absolute Gasteiger partial charge is 0.180 e. The first-order valence-electron chi connectivity index (χ1n) is 6.58. The Morgan fingerprint density at radius 1 is 1.42 bits per heavy atom. The van der Waals surface area contributed by atoms with Gasteiger partial charge in [0.15, 0.2) is 11.5 Å². The molecule has 1 N–H and O–H groups in total. The molecule has 1 saturated carbocycles. The standard InChI is InChI=1S/C15H20ClNO2/c1-3-4-7-19-15-13(16)8-11(9-14(15)18-2)10-17-12-5-6-12/h3-4,8-9,12,17H,5-7,10H2,1-2H3/b4-3+. The summed E-state index contributed by atoms with van der Waals surface area (Å²) in [4.78, 5) is 0. The summed E-state index contributed by atoms with van der Waals surface area (Å²) in [7, 11) is 1.63. The minimum absolute atomic E-state index is 0.492. The second kappa shape index (κ2) is 6.83. The van der Waals surface area contributed by atoms with Crippen LogP contribution in [0.1, 0.15) is 25.3 Å². The molecule has 0 aromatic heterocycles. The van der Waals surface area contributed by atoms with Crippen LogP contribution in [0.3, 0.4) is 0 Å². The Bertz CT molecular complexity index is 456. The number of ether oxygens (including phenoxy) is 2. The van der Waals surface area contributed by atoms with Gasteiger partial charge in [0.2, 0.25) is 0 Å². The molecule has 1 aromatic carbocycles. The van der Waals surface area contributed by atoms with E-state index in [1.807, 2.05) is 31.2 Å². The Balaban J connectivity index is 2.08. The zero-order valence-corrected chi connectivity index (χ0v) is 12.2.